The van der Waals surface area contributed by atoms with Gasteiger partial charge in [-0.05, 0) is 117 Å². The standard InChI is InChI=1S/C50H32N2O2/c1-3-15-35(16-4-1)51-41-23-11-13-25-45(41)53-47-29-27-33(31-43(47)51)49-37-19-7-9-21-39(37)50(40-22-10-8-20-38(40)49)34-28-30-48-44(32-34)52(36-17-5-2-6-18-36)42-24-12-14-26-46(42)54-48/h1-32H. The molecule has 0 saturated heterocycles. The van der Waals surface area contributed by atoms with Gasteiger partial charge in [-0.15, -0.1) is 0 Å². The van der Waals surface area contributed by atoms with Crippen LogP contribution in [0.4, 0.5) is 34.1 Å². The minimum absolute atomic E-state index is 0.826. The molecule has 4 nitrogen and oxygen atoms in total. The van der Waals surface area contributed by atoms with Crippen molar-refractivity contribution in [3.63, 3.8) is 0 Å². The molecule has 0 spiro atoms. The minimum Gasteiger partial charge on any atom is -0.453 e. The van der Waals surface area contributed by atoms with E-state index in [1.54, 1.807) is 0 Å². The van der Waals surface area contributed by atoms with Gasteiger partial charge in [0.05, 0.1) is 22.7 Å². The second-order valence-electron chi connectivity index (χ2n) is 13.7. The van der Waals surface area contributed by atoms with Crippen molar-refractivity contribution in [2.75, 3.05) is 9.80 Å². The van der Waals surface area contributed by atoms with Crippen molar-refractivity contribution in [1.29, 1.82) is 0 Å². The van der Waals surface area contributed by atoms with Crippen LogP contribution in [0.3, 0.4) is 0 Å². The summed E-state index contributed by atoms with van der Waals surface area (Å²) < 4.78 is 13.0. The quantitative estimate of drug-likeness (QED) is 0.171. The molecular formula is C50H32N2O2. The zero-order chi connectivity index (χ0) is 35.6. The summed E-state index contributed by atoms with van der Waals surface area (Å²) in [4.78, 5) is 4.62. The van der Waals surface area contributed by atoms with Crippen molar-refractivity contribution in [3.05, 3.63) is 194 Å². The van der Waals surface area contributed by atoms with E-state index in [1.807, 2.05) is 24.3 Å². The first kappa shape index (κ1) is 30.3. The molecule has 9 aromatic rings. The van der Waals surface area contributed by atoms with Crippen molar-refractivity contribution in [1.82, 2.24) is 0 Å². The fourth-order valence-corrected chi connectivity index (χ4v) is 8.28. The first-order valence-corrected chi connectivity index (χ1v) is 18.3. The van der Waals surface area contributed by atoms with Crippen molar-refractivity contribution in [2.24, 2.45) is 0 Å². The van der Waals surface area contributed by atoms with Crippen LogP contribution in [0.15, 0.2) is 194 Å². The first-order valence-electron chi connectivity index (χ1n) is 18.3. The smallest absolute Gasteiger partial charge is 0.151 e. The lowest BCUT2D eigenvalue weighted by Gasteiger charge is -2.33. The van der Waals surface area contributed by atoms with Crippen LogP contribution < -0.4 is 19.3 Å². The van der Waals surface area contributed by atoms with Crippen LogP contribution in [-0.2, 0) is 0 Å². The van der Waals surface area contributed by atoms with Crippen molar-refractivity contribution in [2.45, 2.75) is 0 Å². The van der Waals surface area contributed by atoms with Gasteiger partial charge >= 0.3 is 0 Å². The maximum absolute atomic E-state index is 6.52. The van der Waals surface area contributed by atoms with Crippen molar-refractivity contribution in [3.8, 4) is 45.3 Å². The Morgan fingerprint density at radius 2 is 0.611 bits per heavy atom. The normalized spacial score (nSPS) is 12.7. The third-order valence-electron chi connectivity index (χ3n) is 10.6. The Hall–Kier alpha value is -7.30. The molecule has 0 fully saturated rings. The number of hydrogen-bond donors (Lipinski definition) is 0. The van der Waals surface area contributed by atoms with Crippen molar-refractivity contribution < 1.29 is 9.47 Å². The van der Waals surface area contributed by atoms with E-state index < -0.39 is 0 Å². The van der Waals surface area contributed by atoms with Gasteiger partial charge in [0.2, 0.25) is 0 Å². The summed E-state index contributed by atoms with van der Waals surface area (Å²) >= 11 is 0. The molecule has 2 aliphatic heterocycles. The Morgan fingerprint density at radius 3 is 1.02 bits per heavy atom. The van der Waals surface area contributed by atoms with Gasteiger partial charge in [-0.1, -0.05) is 121 Å². The molecule has 9 aromatic carbocycles. The Labute approximate surface area is 313 Å². The van der Waals surface area contributed by atoms with Gasteiger partial charge < -0.3 is 19.3 Å². The van der Waals surface area contributed by atoms with E-state index in [2.05, 4.69) is 180 Å². The number of nitrogens with zero attached hydrogens (tertiary/aromatic N) is 2. The van der Waals surface area contributed by atoms with Gasteiger partial charge in [0.1, 0.15) is 0 Å². The highest BCUT2D eigenvalue weighted by Gasteiger charge is 2.29. The highest BCUT2D eigenvalue weighted by molar-refractivity contribution is 6.21. The zero-order valence-corrected chi connectivity index (χ0v) is 29.2. The summed E-state index contributed by atoms with van der Waals surface area (Å²) in [6.45, 7) is 0. The number of rotatable bonds is 4. The molecule has 2 heterocycles. The molecule has 0 atom stereocenters. The second-order valence-corrected chi connectivity index (χ2v) is 13.7. The van der Waals surface area contributed by atoms with Gasteiger partial charge in [0, 0.05) is 11.4 Å². The number of hydrogen-bond acceptors (Lipinski definition) is 4. The summed E-state index contributed by atoms with van der Waals surface area (Å²) in [6, 6.07) is 68.4. The second kappa shape index (κ2) is 12.1. The summed E-state index contributed by atoms with van der Waals surface area (Å²) in [6.07, 6.45) is 0. The van der Waals surface area contributed by atoms with Crippen LogP contribution >= 0.6 is 0 Å². The highest BCUT2D eigenvalue weighted by atomic mass is 16.5. The number of benzene rings is 9. The highest BCUT2D eigenvalue weighted by Crippen LogP contribution is 2.54. The van der Waals surface area contributed by atoms with Gasteiger partial charge in [0.25, 0.3) is 0 Å². The third kappa shape index (κ3) is 4.70. The van der Waals surface area contributed by atoms with E-state index in [0.29, 0.717) is 0 Å². The van der Waals surface area contributed by atoms with Crippen molar-refractivity contribution >= 4 is 55.7 Å². The SMILES string of the molecule is c1ccc(N2c3ccccc3Oc3ccc(-c4c5ccccc5c(-c5ccc6c(c5)N(c5ccccc5)c5ccccc5O6)c5ccccc45)cc32)cc1. The molecule has 0 bridgehead atoms. The molecule has 0 aromatic heterocycles. The molecule has 0 radical (unpaired) electrons. The van der Waals surface area contributed by atoms with Crippen LogP contribution in [0.1, 0.15) is 0 Å². The molecule has 0 saturated carbocycles. The molecule has 0 aliphatic carbocycles. The minimum atomic E-state index is 0.826. The van der Waals surface area contributed by atoms with E-state index in [0.717, 1.165) is 68.2 Å². The topological polar surface area (TPSA) is 24.9 Å². The lowest BCUT2D eigenvalue weighted by Crippen LogP contribution is -2.15. The molecule has 2 aliphatic rings. The molecule has 4 heteroatoms. The third-order valence-corrected chi connectivity index (χ3v) is 10.6. The monoisotopic (exact) mass is 692 g/mol. The lowest BCUT2D eigenvalue weighted by atomic mass is 9.85. The number of fused-ring (bicyclic) bond motifs is 6. The van der Waals surface area contributed by atoms with Gasteiger partial charge in [-0.25, -0.2) is 0 Å². The van der Waals surface area contributed by atoms with Gasteiger partial charge in [0.15, 0.2) is 23.0 Å². The zero-order valence-electron chi connectivity index (χ0n) is 29.2. The Morgan fingerprint density at radius 1 is 0.278 bits per heavy atom. The largest absolute Gasteiger partial charge is 0.453 e. The number of para-hydroxylation sites is 6. The van der Waals surface area contributed by atoms with Crippen LogP contribution in [0.2, 0.25) is 0 Å². The van der Waals surface area contributed by atoms with E-state index in [1.165, 1.54) is 32.7 Å². The average molecular weight is 693 g/mol. The maximum atomic E-state index is 6.52. The van der Waals surface area contributed by atoms with Gasteiger partial charge in [-0.2, -0.15) is 0 Å². The first-order chi connectivity index (χ1) is 26.8. The lowest BCUT2D eigenvalue weighted by molar-refractivity contribution is 0.477. The number of ether oxygens (including phenoxy) is 2. The average Bonchev–Trinajstić information content (AvgIpc) is 3.24. The fourth-order valence-electron chi connectivity index (χ4n) is 8.28. The Bertz CT molecular complexity index is 2650. The van der Waals surface area contributed by atoms with E-state index >= 15 is 0 Å². The maximum Gasteiger partial charge on any atom is 0.151 e. The predicted molar refractivity (Wildman–Crippen MR) is 222 cm³/mol. The summed E-state index contributed by atoms with van der Waals surface area (Å²) in [5, 5.41) is 4.75. The molecule has 54 heavy (non-hydrogen) atoms. The molecule has 0 unspecified atom stereocenters. The summed E-state index contributed by atoms with van der Waals surface area (Å²) in [5.41, 5.74) is 10.9. The van der Waals surface area contributed by atoms with Crippen LogP contribution in [0, 0.1) is 0 Å². The van der Waals surface area contributed by atoms with Crippen LogP contribution in [-0.4, -0.2) is 0 Å². The van der Waals surface area contributed by atoms with E-state index in [9.17, 15) is 0 Å². The summed E-state index contributed by atoms with van der Waals surface area (Å²) in [5.74, 6) is 3.33. The van der Waals surface area contributed by atoms with E-state index in [-0.39, 0.29) is 0 Å². The van der Waals surface area contributed by atoms with Crippen LogP contribution in [0.25, 0.3) is 43.8 Å². The molecule has 11 rings (SSSR count). The predicted octanol–water partition coefficient (Wildman–Crippen LogP) is 14.5. The fraction of sp³-hybridized carbons (Fsp3) is 0. The molecular weight excluding hydrogens is 661 g/mol. The van der Waals surface area contributed by atoms with Crippen LogP contribution in [0.5, 0.6) is 23.0 Å². The molecule has 254 valence electrons. The summed E-state index contributed by atoms with van der Waals surface area (Å²) in [7, 11) is 0. The molecule has 0 amide bonds. The Balaban J connectivity index is 1.13. The van der Waals surface area contributed by atoms with E-state index in [4.69, 9.17) is 9.47 Å². The Kier molecular flexibility index (Phi) is 6.82. The number of anilines is 6. The van der Waals surface area contributed by atoms with Gasteiger partial charge in [-0.3, -0.25) is 0 Å². The molecule has 0 N–H and O–H groups in total.